The molecule has 1 heterocycles. The van der Waals surface area contributed by atoms with E-state index in [0.717, 1.165) is 11.3 Å². The van der Waals surface area contributed by atoms with Crippen LogP contribution in [0.4, 0.5) is 0 Å². The molecule has 0 aliphatic rings. The van der Waals surface area contributed by atoms with Crippen LogP contribution in [0.2, 0.25) is 0 Å². The number of hydrogen-bond acceptors (Lipinski definition) is 4. The van der Waals surface area contributed by atoms with Crippen LogP contribution in [0.15, 0.2) is 24.3 Å². The number of aromatic nitrogens is 3. The molecule has 0 radical (unpaired) electrons. The highest BCUT2D eigenvalue weighted by Crippen LogP contribution is 2.21. The van der Waals surface area contributed by atoms with E-state index in [1.807, 2.05) is 35.8 Å². The minimum absolute atomic E-state index is 0.00575. The van der Waals surface area contributed by atoms with Crippen molar-refractivity contribution in [3.05, 3.63) is 29.0 Å². The summed E-state index contributed by atoms with van der Waals surface area (Å²) in [6, 6.07) is 7.67. The zero-order valence-corrected chi connectivity index (χ0v) is 16.2. The standard InChI is InChI=1S/C18H26N4O2S/c1-12(18(2,3)4)19-15(23)10-11-22-16(20-21-17(22)25)13-6-8-14(24-5)9-7-13/h6-9,12H,10-11H2,1-5H3,(H,19,23)(H,21,25)/t12-/m0/s1. The first-order valence-corrected chi connectivity index (χ1v) is 8.72. The molecule has 25 heavy (non-hydrogen) atoms. The lowest BCUT2D eigenvalue weighted by Crippen LogP contribution is -2.41. The molecule has 0 aliphatic heterocycles. The summed E-state index contributed by atoms with van der Waals surface area (Å²) in [4.78, 5) is 12.2. The molecule has 2 N–H and O–H groups in total. The van der Waals surface area contributed by atoms with Gasteiger partial charge >= 0.3 is 0 Å². The number of aromatic amines is 1. The average molecular weight is 362 g/mol. The molecule has 7 heteroatoms. The van der Waals surface area contributed by atoms with Crippen LogP contribution in [0.1, 0.15) is 34.1 Å². The number of carbonyl (C=O) groups is 1. The molecule has 2 aromatic rings. The number of amides is 1. The van der Waals surface area contributed by atoms with Gasteiger partial charge in [-0.2, -0.15) is 5.10 Å². The van der Waals surface area contributed by atoms with Gasteiger partial charge in [-0.15, -0.1) is 0 Å². The first-order chi connectivity index (χ1) is 11.7. The SMILES string of the molecule is COc1ccc(-c2n[nH]c(=S)n2CCC(=O)N[C@@H](C)C(C)(C)C)cc1. The van der Waals surface area contributed by atoms with Crippen LogP contribution in [0.5, 0.6) is 5.75 Å². The molecule has 6 nitrogen and oxygen atoms in total. The van der Waals surface area contributed by atoms with Gasteiger partial charge < -0.3 is 10.1 Å². The first kappa shape index (κ1) is 19.2. The third kappa shape index (κ3) is 4.92. The summed E-state index contributed by atoms with van der Waals surface area (Å²) in [6.45, 7) is 8.80. The lowest BCUT2D eigenvalue weighted by Gasteiger charge is -2.28. The maximum Gasteiger partial charge on any atom is 0.222 e. The van der Waals surface area contributed by atoms with E-state index in [0.29, 0.717) is 23.6 Å². The fraction of sp³-hybridized carbons (Fsp3) is 0.500. The molecule has 136 valence electrons. The third-order valence-electron chi connectivity index (χ3n) is 4.35. The van der Waals surface area contributed by atoms with Crippen molar-refractivity contribution < 1.29 is 9.53 Å². The predicted octanol–water partition coefficient (Wildman–Crippen LogP) is 3.56. The monoisotopic (exact) mass is 362 g/mol. The van der Waals surface area contributed by atoms with E-state index in [4.69, 9.17) is 17.0 Å². The molecule has 1 amide bonds. The van der Waals surface area contributed by atoms with Crippen LogP contribution in [0.25, 0.3) is 11.4 Å². The minimum Gasteiger partial charge on any atom is -0.497 e. The Morgan fingerprint density at radius 3 is 2.56 bits per heavy atom. The Labute approximate surface area is 153 Å². The smallest absolute Gasteiger partial charge is 0.222 e. The van der Waals surface area contributed by atoms with Crippen molar-refractivity contribution in [1.82, 2.24) is 20.1 Å². The minimum atomic E-state index is 0.00575. The van der Waals surface area contributed by atoms with Crippen molar-refractivity contribution in [2.75, 3.05) is 7.11 Å². The molecule has 0 fully saturated rings. The van der Waals surface area contributed by atoms with Crippen molar-refractivity contribution in [3.8, 4) is 17.1 Å². The van der Waals surface area contributed by atoms with E-state index >= 15 is 0 Å². The van der Waals surface area contributed by atoms with Crippen LogP contribution < -0.4 is 10.1 Å². The van der Waals surface area contributed by atoms with Gasteiger partial charge in [0.2, 0.25) is 5.91 Å². The van der Waals surface area contributed by atoms with Gasteiger partial charge in [-0.3, -0.25) is 14.5 Å². The molecule has 0 saturated heterocycles. The van der Waals surface area contributed by atoms with E-state index in [1.165, 1.54) is 0 Å². The Kier molecular flexibility index (Phi) is 6.00. The Morgan fingerprint density at radius 2 is 2.00 bits per heavy atom. The van der Waals surface area contributed by atoms with Crippen molar-refractivity contribution >= 4 is 18.1 Å². The molecule has 1 aromatic carbocycles. The summed E-state index contributed by atoms with van der Waals surface area (Å²) >= 11 is 5.31. The van der Waals surface area contributed by atoms with Gasteiger partial charge in [-0.25, -0.2) is 0 Å². The van der Waals surface area contributed by atoms with Gasteiger partial charge in [0, 0.05) is 24.6 Å². The molecule has 0 bridgehead atoms. The Bertz CT molecular complexity index is 772. The number of nitrogens with zero attached hydrogens (tertiary/aromatic N) is 2. The van der Waals surface area contributed by atoms with Crippen molar-refractivity contribution in [3.63, 3.8) is 0 Å². The molecule has 0 aliphatic carbocycles. The topological polar surface area (TPSA) is 71.9 Å². The average Bonchev–Trinajstić information content (AvgIpc) is 2.93. The molecule has 1 atom stereocenters. The van der Waals surface area contributed by atoms with Crippen LogP contribution in [-0.4, -0.2) is 33.8 Å². The van der Waals surface area contributed by atoms with E-state index in [-0.39, 0.29) is 17.4 Å². The summed E-state index contributed by atoms with van der Waals surface area (Å²) in [5.41, 5.74) is 0.937. The van der Waals surface area contributed by atoms with Gasteiger partial charge in [-0.1, -0.05) is 20.8 Å². The predicted molar refractivity (Wildman–Crippen MR) is 101 cm³/mol. The molecule has 1 aromatic heterocycles. The largest absolute Gasteiger partial charge is 0.497 e. The molecular weight excluding hydrogens is 336 g/mol. The summed E-state index contributed by atoms with van der Waals surface area (Å²) in [5.74, 6) is 1.50. The number of nitrogens with one attached hydrogen (secondary N) is 2. The van der Waals surface area contributed by atoms with Crippen LogP contribution in [0.3, 0.4) is 0 Å². The lowest BCUT2D eigenvalue weighted by atomic mass is 9.88. The number of ether oxygens (including phenoxy) is 1. The highest BCUT2D eigenvalue weighted by Gasteiger charge is 2.21. The lowest BCUT2D eigenvalue weighted by molar-refractivity contribution is -0.122. The molecule has 0 saturated carbocycles. The molecule has 0 unspecified atom stereocenters. The maximum atomic E-state index is 12.2. The number of hydrogen-bond donors (Lipinski definition) is 2. The Hall–Kier alpha value is -2.15. The second-order valence-corrected chi connectivity index (χ2v) is 7.52. The van der Waals surface area contributed by atoms with Gasteiger partial charge in [0.25, 0.3) is 0 Å². The number of benzene rings is 1. The van der Waals surface area contributed by atoms with Crippen molar-refractivity contribution in [1.29, 1.82) is 0 Å². The van der Waals surface area contributed by atoms with Gasteiger partial charge in [0.05, 0.1) is 7.11 Å². The summed E-state index contributed by atoms with van der Waals surface area (Å²) < 4.78 is 7.52. The quantitative estimate of drug-likeness (QED) is 0.771. The highest BCUT2D eigenvalue weighted by molar-refractivity contribution is 7.71. The van der Waals surface area contributed by atoms with Gasteiger partial charge in [0.1, 0.15) is 5.75 Å². The fourth-order valence-electron chi connectivity index (χ4n) is 2.23. The Morgan fingerprint density at radius 1 is 1.36 bits per heavy atom. The zero-order valence-electron chi connectivity index (χ0n) is 15.4. The zero-order chi connectivity index (χ0) is 18.6. The van der Waals surface area contributed by atoms with Gasteiger partial charge in [-0.05, 0) is 48.8 Å². The number of H-pyrrole nitrogens is 1. The van der Waals surface area contributed by atoms with Crippen LogP contribution in [-0.2, 0) is 11.3 Å². The molecular formula is C18H26N4O2S. The molecule has 0 spiro atoms. The second-order valence-electron chi connectivity index (χ2n) is 7.14. The third-order valence-corrected chi connectivity index (χ3v) is 4.66. The maximum absolute atomic E-state index is 12.2. The van der Waals surface area contributed by atoms with E-state index in [2.05, 4.69) is 36.3 Å². The van der Waals surface area contributed by atoms with E-state index in [1.54, 1.807) is 7.11 Å². The van der Waals surface area contributed by atoms with E-state index in [9.17, 15) is 4.79 Å². The van der Waals surface area contributed by atoms with Crippen LogP contribution in [0, 0.1) is 10.2 Å². The fourth-order valence-corrected chi connectivity index (χ4v) is 2.45. The summed E-state index contributed by atoms with van der Waals surface area (Å²) in [7, 11) is 1.63. The Balaban J connectivity index is 2.09. The normalized spacial score (nSPS) is 12.7. The summed E-state index contributed by atoms with van der Waals surface area (Å²) in [6.07, 6.45) is 0.345. The van der Waals surface area contributed by atoms with Crippen LogP contribution >= 0.6 is 12.2 Å². The van der Waals surface area contributed by atoms with Crippen molar-refractivity contribution in [2.24, 2.45) is 5.41 Å². The number of methoxy groups -OCH3 is 1. The number of rotatable bonds is 6. The highest BCUT2D eigenvalue weighted by atomic mass is 32.1. The first-order valence-electron chi connectivity index (χ1n) is 8.31. The van der Waals surface area contributed by atoms with E-state index < -0.39 is 0 Å². The summed E-state index contributed by atoms with van der Waals surface area (Å²) in [5, 5.41) is 10.1. The number of carbonyl (C=O) groups excluding carboxylic acids is 1. The second kappa shape index (κ2) is 7.82. The molecule has 2 rings (SSSR count). The van der Waals surface area contributed by atoms with Crippen molar-refractivity contribution in [2.45, 2.75) is 46.7 Å². The van der Waals surface area contributed by atoms with Gasteiger partial charge in [0.15, 0.2) is 10.6 Å².